The van der Waals surface area contributed by atoms with Crippen molar-refractivity contribution in [2.24, 2.45) is 11.3 Å². The van der Waals surface area contributed by atoms with Crippen molar-refractivity contribution in [1.29, 1.82) is 0 Å². The summed E-state index contributed by atoms with van der Waals surface area (Å²) in [7, 11) is 0. The van der Waals surface area contributed by atoms with Crippen LogP contribution in [0.5, 0.6) is 0 Å². The molecule has 1 aromatic carbocycles. The molecule has 86 valence electrons. The maximum atomic E-state index is 5.45. The van der Waals surface area contributed by atoms with Gasteiger partial charge in [0.2, 0.25) is 0 Å². The molecule has 16 heavy (non-hydrogen) atoms. The fourth-order valence-electron chi connectivity index (χ4n) is 2.71. The zero-order valence-corrected chi connectivity index (χ0v) is 11.0. The lowest BCUT2D eigenvalue weighted by Crippen LogP contribution is -2.23. The molecule has 1 unspecified atom stereocenters. The lowest BCUT2D eigenvalue weighted by atomic mass is 9.70. The van der Waals surface area contributed by atoms with E-state index in [1.807, 2.05) is 6.07 Å². The van der Waals surface area contributed by atoms with E-state index >= 15 is 0 Å². The third kappa shape index (κ3) is 2.89. The molecular formula is C16H22. The van der Waals surface area contributed by atoms with E-state index in [9.17, 15) is 0 Å². The number of hydrogen-bond acceptors (Lipinski definition) is 0. The Hall–Kier alpha value is -1.22. The van der Waals surface area contributed by atoms with E-state index in [2.05, 4.69) is 58.7 Å². The van der Waals surface area contributed by atoms with E-state index in [-0.39, 0.29) is 5.41 Å². The molecule has 0 saturated carbocycles. The molecule has 0 saturated heterocycles. The van der Waals surface area contributed by atoms with Gasteiger partial charge in [-0.25, -0.2) is 0 Å². The molecule has 0 aliphatic carbocycles. The average Bonchev–Trinajstić information content (AvgIpc) is 2.15. The van der Waals surface area contributed by atoms with Crippen molar-refractivity contribution in [3.05, 3.63) is 35.4 Å². The fraction of sp³-hybridized carbons (Fsp3) is 0.500. The molecule has 0 bridgehead atoms. The highest BCUT2D eigenvalue weighted by atomic mass is 14.3. The minimum atomic E-state index is 0.265. The smallest absolute Gasteiger partial charge is 0.0245 e. The first-order valence-corrected chi connectivity index (χ1v) is 5.93. The van der Waals surface area contributed by atoms with Gasteiger partial charge in [-0.2, -0.15) is 0 Å². The Labute approximate surface area is 100 Å². The third-order valence-electron chi connectivity index (χ3n) is 3.01. The Bertz CT molecular complexity index is 385. The van der Waals surface area contributed by atoms with Crippen molar-refractivity contribution in [2.45, 2.75) is 40.5 Å². The van der Waals surface area contributed by atoms with E-state index in [1.165, 1.54) is 5.56 Å². The average molecular weight is 214 g/mol. The number of benzene rings is 1. The van der Waals surface area contributed by atoms with Gasteiger partial charge in [0, 0.05) is 5.56 Å². The van der Waals surface area contributed by atoms with E-state index in [0.717, 1.165) is 5.56 Å². The Balaban J connectivity index is 3.18. The molecule has 1 atom stereocenters. The van der Waals surface area contributed by atoms with Crippen LogP contribution >= 0.6 is 0 Å². The number of terminal acetylenes is 1. The zero-order valence-electron chi connectivity index (χ0n) is 11.0. The van der Waals surface area contributed by atoms with Crippen molar-refractivity contribution >= 4 is 0 Å². The van der Waals surface area contributed by atoms with Crippen molar-refractivity contribution in [3.8, 4) is 12.3 Å². The van der Waals surface area contributed by atoms with Gasteiger partial charge in [-0.15, -0.1) is 6.42 Å². The van der Waals surface area contributed by atoms with Crippen LogP contribution in [0.4, 0.5) is 0 Å². The normalized spacial score (nSPS) is 13.6. The predicted molar refractivity (Wildman–Crippen MR) is 71.4 cm³/mol. The Morgan fingerprint density at radius 2 is 1.81 bits per heavy atom. The van der Waals surface area contributed by atoms with E-state index in [4.69, 9.17) is 6.42 Å². The van der Waals surface area contributed by atoms with Gasteiger partial charge in [-0.1, -0.05) is 52.7 Å². The maximum Gasteiger partial charge on any atom is 0.0245 e. The Morgan fingerprint density at radius 3 is 2.25 bits per heavy atom. The van der Waals surface area contributed by atoms with Crippen LogP contribution in [0.3, 0.4) is 0 Å². The van der Waals surface area contributed by atoms with Gasteiger partial charge in [0.25, 0.3) is 0 Å². The molecule has 0 spiro atoms. The minimum absolute atomic E-state index is 0.265. The minimum Gasteiger partial charge on any atom is -0.115 e. The van der Waals surface area contributed by atoms with Gasteiger partial charge in [0.1, 0.15) is 0 Å². The molecule has 0 N–H and O–H groups in total. The van der Waals surface area contributed by atoms with Crippen LogP contribution in [-0.4, -0.2) is 0 Å². The third-order valence-corrected chi connectivity index (χ3v) is 3.01. The lowest BCUT2D eigenvalue weighted by Gasteiger charge is -2.34. The van der Waals surface area contributed by atoms with Gasteiger partial charge in [-0.3, -0.25) is 0 Å². The summed E-state index contributed by atoms with van der Waals surface area (Å²) in [4.78, 5) is 0. The monoisotopic (exact) mass is 214 g/mol. The highest BCUT2D eigenvalue weighted by Crippen LogP contribution is 2.40. The van der Waals surface area contributed by atoms with Crippen LogP contribution in [0.15, 0.2) is 24.3 Å². The molecule has 0 radical (unpaired) electrons. The SMILES string of the molecule is C#Cc1cccc(C(C(C)C)C(C)(C)C)c1. The molecule has 0 amide bonds. The second kappa shape index (κ2) is 4.74. The lowest BCUT2D eigenvalue weighted by molar-refractivity contribution is 0.258. The van der Waals surface area contributed by atoms with Crippen molar-refractivity contribution in [2.75, 3.05) is 0 Å². The molecule has 0 aliphatic rings. The van der Waals surface area contributed by atoms with Crippen molar-refractivity contribution < 1.29 is 0 Å². The van der Waals surface area contributed by atoms with Crippen molar-refractivity contribution in [1.82, 2.24) is 0 Å². The molecule has 0 aliphatic heterocycles. The highest BCUT2D eigenvalue weighted by Gasteiger charge is 2.28. The zero-order chi connectivity index (χ0) is 12.3. The fourth-order valence-corrected chi connectivity index (χ4v) is 2.71. The number of rotatable bonds is 2. The van der Waals surface area contributed by atoms with E-state index in [0.29, 0.717) is 11.8 Å². The summed E-state index contributed by atoms with van der Waals surface area (Å²) in [5.74, 6) is 3.87. The molecule has 0 heterocycles. The molecule has 1 aromatic rings. The summed E-state index contributed by atoms with van der Waals surface area (Å²) in [5.41, 5.74) is 2.60. The van der Waals surface area contributed by atoms with Gasteiger partial charge in [0.05, 0.1) is 0 Å². The summed E-state index contributed by atoms with van der Waals surface area (Å²) < 4.78 is 0. The van der Waals surface area contributed by atoms with E-state index < -0.39 is 0 Å². The molecule has 0 nitrogen and oxygen atoms in total. The number of hydrogen-bond donors (Lipinski definition) is 0. The molecular weight excluding hydrogens is 192 g/mol. The molecule has 1 rings (SSSR count). The molecule has 0 aromatic heterocycles. The molecule has 0 fully saturated rings. The van der Waals surface area contributed by atoms with Crippen LogP contribution in [0, 0.1) is 23.7 Å². The molecule has 0 heteroatoms. The quantitative estimate of drug-likeness (QED) is 0.638. The predicted octanol–water partition coefficient (Wildman–Crippen LogP) is 4.45. The highest BCUT2D eigenvalue weighted by molar-refractivity contribution is 5.37. The first-order valence-electron chi connectivity index (χ1n) is 5.93. The maximum absolute atomic E-state index is 5.45. The largest absolute Gasteiger partial charge is 0.115 e. The van der Waals surface area contributed by atoms with Crippen LogP contribution in [0.2, 0.25) is 0 Å². The van der Waals surface area contributed by atoms with Gasteiger partial charge < -0.3 is 0 Å². The summed E-state index contributed by atoms with van der Waals surface area (Å²) in [5, 5.41) is 0. The first-order chi connectivity index (χ1) is 7.36. The van der Waals surface area contributed by atoms with Crippen LogP contribution < -0.4 is 0 Å². The van der Waals surface area contributed by atoms with Gasteiger partial charge in [0.15, 0.2) is 0 Å². The summed E-state index contributed by atoms with van der Waals surface area (Å²) in [6.45, 7) is 11.4. The Morgan fingerprint density at radius 1 is 1.19 bits per heavy atom. The topological polar surface area (TPSA) is 0 Å². The standard InChI is InChI=1S/C16H22/c1-7-13-9-8-10-14(11-13)15(12(2)3)16(4,5)6/h1,8-12,15H,2-6H3. The van der Waals surface area contributed by atoms with Crippen LogP contribution in [0.25, 0.3) is 0 Å². The Kier molecular flexibility index (Phi) is 3.81. The first kappa shape index (κ1) is 12.8. The van der Waals surface area contributed by atoms with Crippen LogP contribution in [0.1, 0.15) is 51.7 Å². The van der Waals surface area contributed by atoms with Gasteiger partial charge >= 0.3 is 0 Å². The van der Waals surface area contributed by atoms with E-state index in [1.54, 1.807) is 0 Å². The van der Waals surface area contributed by atoms with Crippen LogP contribution in [-0.2, 0) is 0 Å². The second-order valence-corrected chi connectivity index (χ2v) is 5.86. The summed E-state index contributed by atoms with van der Waals surface area (Å²) >= 11 is 0. The van der Waals surface area contributed by atoms with Gasteiger partial charge in [-0.05, 0) is 34.9 Å². The summed E-state index contributed by atoms with van der Waals surface area (Å²) in [6, 6.07) is 8.39. The van der Waals surface area contributed by atoms with Crippen molar-refractivity contribution in [3.63, 3.8) is 0 Å². The summed E-state index contributed by atoms with van der Waals surface area (Å²) in [6.07, 6.45) is 5.45. The second-order valence-electron chi connectivity index (χ2n) is 5.86.